The number of aldehydes is 1. The Labute approximate surface area is 76.5 Å². The van der Waals surface area contributed by atoms with Crippen molar-refractivity contribution < 1.29 is 27.2 Å². The number of ketones is 1. The molecule has 0 radical (unpaired) electrons. The van der Waals surface area contributed by atoms with Crippen molar-refractivity contribution in [2.24, 2.45) is 0 Å². The normalized spacial score (nSPS) is 11.4. The van der Waals surface area contributed by atoms with Gasteiger partial charge >= 0.3 is 6.18 Å². The molecule has 0 fully saturated rings. The minimum Gasteiger partial charge on any atom is -0.460 e. The topological polar surface area (TPSA) is 47.3 Å². The summed E-state index contributed by atoms with van der Waals surface area (Å²) in [6.45, 7) is 1.15. The van der Waals surface area contributed by atoms with Crippen LogP contribution < -0.4 is 0 Å². The lowest BCUT2D eigenvalue weighted by Gasteiger charge is -2.05. The van der Waals surface area contributed by atoms with E-state index in [1.165, 1.54) is 0 Å². The van der Waals surface area contributed by atoms with Crippen molar-refractivity contribution in [2.75, 3.05) is 0 Å². The average molecular weight is 206 g/mol. The molecule has 0 aromatic carbocycles. The van der Waals surface area contributed by atoms with Gasteiger partial charge in [0.15, 0.2) is 12.0 Å². The third-order valence-corrected chi connectivity index (χ3v) is 1.59. The maximum Gasteiger partial charge on any atom is 0.420 e. The largest absolute Gasteiger partial charge is 0.460 e. The number of furan rings is 1. The first-order valence-corrected chi connectivity index (χ1v) is 3.52. The van der Waals surface area contributed by atoms with Crippen molar-refractivity contribution in [3.8, 4) is 0 Å². The zero-order valence-electron chi connectivity index (χ0n) is 7.01. The highest BCUT2D eigenvalue weighted by molar-refractivity contribution is 6.32. The quantitative estimate of drug-likeness (QED) is 0.422. The Morgan fingerprint density at radius 3 is 2.50 bits per heavy atom. The van der Waals surface area contributed by atoms with Crippen LogP contribution in [0.1, 0.15) is 21.7 Å². The molecule has 0 unspecified atom stereocenters. The molecule has 0 saturated heterocycles. The van der Waals surface area contributed by atoms with Gasteiger partial charge in [0.1, 0.15) is 5.56 Å². The molecule has 0 aliphatic heterocycles. The van der Waals surface area contributed by atoms with E-state index in [0.29, 0.717) is 0 Å². The smallest absolute Gasteiger partial charge is 0.420 e. The second-order valence-electron chi connectivity index (χ2n) is 2.60. The van der Waals surface area contributed by atoms with E-state index in [1.807, 2.05) is 0 Å². The highest BCUT2D eigenvalue weighted by Crippen LogP contribution is 2.35. The van der Waals surface area contributed by atoms with Crippen LogP contribution in [0.3, 0.4) is 0 Å². The second-order valence-corrected chi connectivity index (χ2v) is 2.60. The Balaban J connectivity index is 3.33. The minimum atomic E-state index is -4.69. The zero-order chi connectivity index (χ0) is 10.9. The molecular weight excluding hydrogens is 201 g/mol. The van der Waals surface area contributed by atoms with Gasteiger partial charge in [0.05, 0.1) is 6.26 Å². The Hall–Kier alpha value is -1.59. The first-order valence-electron chi connectivity index (χ1n) is 3.52. The van der Waals surface area contributed by atoms with Gasteiger partial charge in [0, 0.05) is 5.56 Å². The minimum absolute atomic E-state index is 0.215. The monoisotopic (exact) mass is 206 g/mol. The van der Waals surface area contributed by atoms with Crippen LogP contribution in [-0.4, -0.2) is 12.1 Å². The molecule has 76 valence electrons. The molecule has 0 aliphatic rings. The van der Waals surface area contributed by atoms with E-state index in [0.717, 1.165) is 13.2 Å². The van der Waals surface area contributed by atoms with Crippen LogP contribution in [0.4, 0.5) is 13.2 Å². The SMILES string of the molecule is Cc1coc(C(=O)C=O)c1C(F)(F)F. The fourth-order valence-corrected chi connectivity index (χ4v) is 1.03. The summed E-state index contributed by atoms with van der Waals surface area (Å²) >= 11 is 0. The van der Waals surface area contributed by atoms with Crippen molar-refractivity contribution in [3.63, 3.8) is 0 Å². The number of carbonyl (C=O) groups excluding carboxylic acids is 2. The average Bonchev–Trinajstić information content (AvgIpc) is 2.44. The summed E-state index contributed by atoms with van der Waals surface area (Å²) in [5.41, 5.74) is -1.41. The molecule has 0 bridgehead atoms. The molecule has 1 aromatic rings. The highest BCUT2D eigenvalue weighted by atomic mass is 19.4. The van der Waals surface area contributed by atoms with Crippen molar-refractivity contribution >= 4 is 12.1 Å². The van der Waals surface area contributed by atoms with Crippen molar-refractivity contribution in [1.82, 2.24) is 0 Å². The Morgan fingerprint density at radius 2 is 2.07 bits per heavy atom. The van der Waals surface area contributed by atoms with Crippen molar-refractivity contribution in [2.45, 2.75) is 13.1 Å². The number of alkyl halides is 3. The first-order chi connectivity index (χ1) is 6.38. The number of carbonyl (C=O) groups is 2. The molecule has 0 atom stereocenters. The lowest BCUT2D eigenvalue weighted by atomic mass is 10.1. The molecule has 0 N–H and O–H groups in total. The van der Waals surface area contributed by atoms with Gasteiger partial charge in [-0.15, -0.1) is 0 Å². The summed E-state index contributed by atoms with van der Waals surface area (Å²) in [7, 11) is 0. The maximum absolute atomic E-state index is 12.3. The van der Waals surface area contributed by atoms with Gasteiger partial charge in [-0.2, -0.15) is 13.2 Å². The number of rotatable bonds is 2. The summed E-state index contributed by atoms with van der Waals surface area (Å²) in [6, 6.07) is 0. The van der Waals surface area contributed by atoms with E-state index in [2.05, 4.69) is 4.42 Å². The predicted octanol–water partition coefficient (Wildman–Crippen LogP) is 1.99. The zero-order valence-corrected chi connectivity index (χ0v) is 7.01. The molecule has 0 spiro atoms. The van der Waals surface area contributed by atoms with Crippen LogP contribution in [0.25, 0.3) is 0 Å². The van der Waals surface area contributed by atoms with Crippen LogP contribution in [0.2, 0.25) is 0 Å². The lowest BCUT2D eigenvalue weighted by molar-refractivity contribution is -0.138. The standard InChI is InChI=1S/C8H5F3O3/c1-4-3-14-7(5(13)2-12)6(4)8(9,10)11/h2-3H,1H3. The molecule has 0 amide bonds. The van der Waals surface area contributed by atoms with Gasteiger partial charge in [-0.3, -0.25) is 9.59 Å². The number of halogens is 3. The number of aryl methyl sites for hydroxylation is 1. The van der Waals surface area contributed by atoms with Crippen LogP contribution in [0.5, 0.6) is 0 Å². The summed E-state index contributed by atoms with van der Waals surface area (Å²) in [4.78, 5) is 20.7. The van der Waals surface area contributed by atoms with E-state index in [1.54, 1.807) is 0 Å². The Kier molecular flexibility index (Phi) is 2.46. The molecule has 1 aromatic heterocycles. The van der Waals surface area contributed by atoms with E-state index in [4.69, 9.17) is 0 Å². The first kappa shape index (κ1) is 10.5. The number of hydrogen-bond acceptors (Lipinski definition) is 3. The van der Waals surface area contributed by atoms with Gasteiger partial charge < -0.3 is 4.42 Å². The Morgan fingerprint density at radius 1 is 1.50 bits per heavy atom. The third-order valence-electron chi connectivity index (χ3n) is 1.59. The maximum atomic E-state index is 12.3. The van der Waals surface area contributed by atoms with Gasteiger partial charge in [0.2, 0.25) is 0 Å². The molecule has 6 heteroatoms. The fraction of sp³-hybridized carbons (Fsp3) is 0.250. The summed E-state index contributed by atoms with van der Waals surface area (Å²) < 4.78 is 41.3. The number of hydrogen-bond donors (Lipinski definition) is 0. The highest BCUT2D eigenvalue weighted by Gasteiger charge is 2.39. The summed E-state index contributed by atoms with van der Waals surface area (Å²) in [6.07, 6.45) is -4.11. The summed E-state index contributed by atoms with van der Waals surface area (Å²) in [5, 5.41) is 0. The molecule has 0 aliphatic carbocycles. The van der Waals surface area contributed by atoms with E-state index < -0.39 is 23.3 Å². The van der Waals surface area contributed by atoms with E-state index in [-0.39, 0.29) is 11.8 Å². The van der Waals surface area contributed by atoms with Crippen molar-refractivity contribution in [3.05, 3.63) is 23.2 Å². The summed E-state index contributed by atoms with van der Waals surface area (Å²) in [5.74, 6) is -2.27. The van der Waals surface area contributed by atoms with Gasteiger partial charge in [0.25, 0.3) is 5.78 Å². The van der Waals surface area contributed by atoms with Gasteiger partial charge in [-0.25, -0.2) is 0 Å². The molecule has 0 saturated carbocycles. The molecule has 1 heterocycles. The van der Waals surface area contributed by atoms with Gasteiger partial charge in [-0.1, -0.05) is 0 Å². The van der Waals surface area contributed by atoms with E-state index >= 15 is 0 Å². The predicted molar refractivity (Wildman–Crippen MR) is 38.8 cm³/mol. The van der Waals surface area contributed by atoms with Gasteiger partial charge in [-0.05, 0) is 6.92 Å². The molecular formula is C8H5F3O3. The molecule has 14 heavy (non-hydrogen) atoms. The molecule has 3 nitrogen and oxygen atoms in total. The van der Waals surface area contributed by atoms with Crippen LogP contribution in [-0.2, 0) is 11.0 Å². The van der Waals surface area contributed by atoms with Crippen molar-refractivity contribution in [1.29, 1.82) is 0 Å². The Bertz CT molecular complexity index is 376. The van der Waals surface area contributed by atoms with Crippen LogP contribution in [0.15, 0.2) is 10.7 Å². The van der Waals surface area contributed by atoms with Crippen LogP contribution >= 0.6 is 0 Å². The molecule has 1 rings (SSSR count). The van der Waals surface area contributed by atoms with Crippen LogP contribution in [0, 0.1) is 6.92 Å². The fourth-order valence-electron chi connectivity index (χ4n) is 1.03. The van der Waals surface area contributed by atoms with E-state index in [9.17, 15) is 22.8 Å². The lowest BCUT2D eigenvalue weighted by Crippen LogP contribution is -2.12. The second kappa shape index (κ2) is 3.28. The number of Topliss-reactive ketones (excluding diaryl/α,β-unsaturated/α-hetero) is 1. The third kappa shape index (κ3) is 1.68.